The van der Waals surface area contributed by atoms with Crippen molar-refractivity contribution in [3.05, 3.63) is 71.8 Å². The van der Waals surface area contributed by atoms with Crippen LogP contribution in [-0.4, -0.2) is 6.54 Å². The van der Waals surface area contributed by atoms with Gasteiger partial charge in [-0.1, -0.05) is 48.5 Å². The average Bonchev–Trinajstić information content (AvgIpc) is 2.49. The molecule has 0 saturated heterocycles. The molecule has 3 N–H and O–H groups in total. The third kappa shape index (κ3) is 2.69. The van der Waals surface area contributed by atoms with E-state index in [2.05, 4.69) is 53.9 Å². The van der Waals surface area contributed by atoms with Crippen LogP contribution in [0.3, 0.4) is 0 Å². The normalized spacial score (nSPS) is 18.9. The van der Waals surface area contributed by atoms with E-state index in [-0.39, 0.29) is 6.04 Å². The van der Waals surface area contributed by atoms with Gasteiger partial charge in [-0.3, -0.25) is 0 Å². The van der Waals surface area contributed by atoms with Gasteiger partial charge in [-0.05, 0) is 35.3 Å². The molecule has 1 aliphatic rings. The van der Waals surface area contributed by atoms with Crippen LogP contribution in [0.1, 0.15) is 23.6 Å². The Bertz CT molecular complexity index is 570. The minimum absolute atomic E-state index is 0.282. The molecule has 1 heterocycles. The maximum atomic E-state index is 5.74. The summed E-state index contributed by atoms with van der Waals surface area (Å²) in [5.74, 6) is 0. The minimum atomic E-state index is 0.282. The Kier molecular flexibility index (Phi) is 3.34. The smallest absolute Gasteiger partial charge is 0.0512 e. The standard InChI is InChI=1S/C17H18N2/c18-16-8-6-14(7-9-16)17-12-15(10-11-19-17)13-4-2-1-3-5-13/h1-9,12,17,19H,10-11,18H2. The molecule has 1 aliphatic heterocycles. The van der Waals surface area contributed by atoms with Crippen LogP contribution in [0, 0.1) is 0 Å². The van der Waals surface area contributed by atoms with Crippen LogP contribution in [0.2, 0.25) is 0 Å². The van der Waals surface area contributed by atoms with Gasteiger partial charge in [0.25, 0.3) is 0 Å². The Morgan fingerprint density at radius 3 is 2.42 bits per heavy atom. The van der Waals surface area contributed by atoms with E-state index in [1.165, 1.54) is 16.7 Å². The molecule has 0 radical (unpaired) electrons. The molecule has 0 saturated carbocycles. The SMILES string of the molecule is Nc1ccc(C2C=C(c3ccccc3)CCN2)cc1. The summed E-state index contributed by atoms with van der Waals surface area (Å²) in [7, 11) is 0. The predicted octanol–water partition coefficient (Wildman–Crippen LogP) is 3.39. The molecule has 2 aromatic carbocycles. The molecule has 1 atom stereocenters. The number of anilines is 1. The minimum Gasteiger partial charge on any atom is -0.399 e. The summed E-state index contributed by atoms with van der Waals surface area (Å²) < 4.78 is 0. The lowest BCUT2D eigenvalue weighted by Gasteiger charge is -2.23. The molecule has 0 aliphatic carbocycles. The molecule has 0 spiro atoms. The van der Waals surface area contributed by atoms with Crippen LogP contribution in [0.5, 0.6) is 0 Å². The van der Waals surface area contributed by atoms with Crippen molar-refractivity contribution in [2.24, 2.45) is 0 Å². The second kappa shape index (κ2) is 5.29. The molecule has 2 heteroatoms. The van der Waals surface area contributed by atoms with E-state index < -0.39 is 0 Å². The number of hydrogen-bond acceptors (Lipinski definition) is 2. The number of rotatable bonds is 2. The highest BCUT2D eigenvalue weighted by Crippen LogP contribution is 2.27. The van der Waals surface area contributed by atoms with Gasteiger partial charge in [-0.15, -0.1) is 0 Å². The van der Waals surface area contributed by atoms with Crippen molar-refractivity contribution in [1.29, 1.82) is 0 Å². The van der Waals surface area contributed by atoms with Gasteiger partial charge >= 0.3 is 0 Å². The molecule has 2 nitrogen and oxygen atoms in total. The van der Waals surface area contributed by atoms with E-state index >= 15 is 0 Å². The van der Waals surface area contributed by atoms with Crippen molar-refractivity contribution in [3.63, 3.8) is 0 Å². The van der Waals surface area contributed by atoms with E-state index in [0.29, 0.717) is 0 Å². The highest BCUT2D eigenvalue weighted by Gasteiger charge is 2.15. The van der Waals surface area contributed by atoms with Crippen molar-refractivity contribution >= 4 is 11.3 Å². The van der Waals surface area contributed by atoms with E-state index in [1.54, 1.807) is 0 Å². The third-order valence-electron chi connectivity index (χ3n) is 3.57. The summed E-state index contributed by atoms with van der Waals surface area (Å²) in [5, 5.41) is 3.54. The summed E-state index contributed by atoms with van der Waals surface area (Å²) in [6, 6.07) is 19.0. The lowest BCUT2D eigenvalue weighted by Crippen LogP contribution is -2.25. The van der Waals surface area contributed by atoms with E-state index in [9.17, 15) is 0 Å². The Morgan fingerprint density at radius 1 is 0.947 bits per heavy atom. The number of benzene rings is 2. The Hall–Kier alpha value is -2.06. The summed E-state index contributed by atoms with van der Waals surface area (Å²) in [5.41, 5.74) is 10.6. The van der Waals surface area contributed by atoms with Gasteiger partial charge < -0.3 is 11.1 Å². The third-order valence-corrected chi connectivity index (χ3v) is 3.57. The van der Waals surface area contributed by atoms with Crippen molar-refractivity contribution in [2.75, 3.05) is 12.3 Å². The van der Waals surface area contributed by atoms with Crippen LogP contribution in [-0.2, 0) is 0 Å². The molecular formula is C17H18N2. The average molecular weight is 250 g/mol. The quantitative estimate of drug-likeness (QED) is 0.802. The molecule has 3 rings (SSSR count). The lowest BCUT2D eigenvalue weighted by atomic mass is 9.94. The molecule has 96 valence electrons. The lowest BCUT2D eigenvalue weighted by molar-refractivity contribution is 0.609. The molecule has 19 heavy (non-hydrogen) atoms. The maximum absolute atomic E-state index is 5.74. The van der Waals surface area contributed by atoms with Gasteiger partial charge in [-0.2, -0.15) is 0 Å². The highest BCUT2D eigenvalue weighted by molar-refractivity contribution is 5.67. The van der Waals surface area contributed by atoms with Gasteiger partial charge in [0.05, 0.1) is 6.04 Å². The zero-order chi connectivity index (χ0) is 13.1. The summed E-state index contributed by atoms with van der Waals surface area (Å²) in [6.07, 6.45) is 3.40. The Balaban J connectivity index is 1.90. The Labute approximate surface area is 114 Å². The van der Waals surface area contributed by atoms with Crippen LogP contribution in [0.15, 0.2) is 60.7 Å². The largest absolute Gasteiger partial charge is 0.399 e. The van der Waals surface area contributed by atoms with E-state index in [0.717, 1.165) is 18.7 Å². The van der Waals surface area contributed by atoms with Crippen molar-refractivity contribution in [3.8, 4) is 0 Å². The van der Waals surface area contributed by atoms with Crippen molar-refractivity contribution in [1.82, 2.24) is 5.32 Å². The van der Waals surface area contributed by atoms with Crippen LogP contribution in [0.25, 0.3) is 5.57 Å². The summed E-state index contributed by atoms with van der Waals surface area (Å²) in [6.45, 7) is 1.01. The van der Waals surface area contributed by atoms with Gasteiger partial charge in [0.15, 0.2) is 0 Å². The number of nitrogen functional groups attached to an aromatic ring is 1. The van der Waals surface area contributed by atoms with Gasteiger partial charge in [-0.25, -0.2) is 0 Å². The van der Waals surface area contributed by atoms with Crippen LogP contribution in [0.4, 0.5) is 5.69 Å². The van der Waals surface area contributed by atoms with Crippen molar-refractivity contribution in [2.45, 2.75) is 12.5 Å². The van der Waals surface area contributed by atoms with Crippen LogP contribution >= 0.6 is 0 Å². The fourth-order valence-corrected chi connectivity index (χ4v) is 2.52. The fraction of sp³-hybridized carbons (Fsp3) is 0.176. The van der Waals surface area contributed by atoms with Gasteiger partial charge in [0.2, 0.25) is 0 Å². The monoisotopic (exact) mass is 250 g/mol. The van der Waals surface area contributed by atoms with Crippen molar-refractivity contribution < 1.29 is 0 Å². The molecule has 0 amide bonds. The Morgan fingerprint density at radius 2 is 1.68 bits per heavy atom. The maximum Gasteiger partial charge on any atom is 0.0512 e. The molecule has 0 aromatic heterocycles. The van der Waals surface area contributed by atoms with Gasteiger partial charge in [0.1, 0.15) is 0 Å². The number of nitrogens with one attached hydrogen (secondary N) is 1. The fourth-order valence-electron chi connectivity index (χ4n) is 2.52. The number of hydrogen-bond donors (Lipinski definition) is 2. The van der Waals surface area contributed by atoms with Gasteiger partial charge in [0, 0.05) is 12.2 Å². The first-order valence-corrected chi connectivity index (χ1v) is 6.68. The molecule has 1 unspecified atom stereocenters. The second-order valence-corrected chi connectivity index (χ2v) is 4.91. The molecule has 0 fully saturated rings. The van der Waals surface area contributed by atoms with Crippen LogP contribution < -0.4 is 11.1 Å². The molecule has 0 bridgehead atoms. The molecular weight excluding hydrogens is 232 g/mol. The predicted molar refractivity (Wildman–Crippen MR) is 80.6 cm³/mol. The first-order valence-electron chi connectivity index (χ1n) is 6.68. The molecule has 2 aromatic rings. The van der Waals surface area contributed by atoms with E-state index in [1.807, 2.05) is 12.1 Å². The topological polar surface area (TPSA) is 38.0 Å². The zero-order valence-corrected chi connectivity index (χ0v) is 10.8. The second-order valence-electron chi connectivity index (χ2n) is 4.91. The number of nitrogens with two attached hydrogens (primary N) is 1. The highest BCUT2D eigenvalue weighted by atomic mass is 14.9. The first-order chi connectivity index (χ1) is 9.33. The zero-order valence-electron chi connectivity index (χ0n) is 10.8. The van der Waals surface area contributed by atoms with E-state index in [4.69, 9.17) is 5.73 Å². The first kappa shape index (κ1) is 12.0. The summed E-state index contributed by atoms with van der Waals surface area (Å²) in [4.78, 5) is 0. The summed E-state index contributed by atoms with van der Waals surface area (Å²) >= 11 is 0.